The van der Waals surface area contributed by atoms with Crippen molar-refractivity contribution in [3.05, 3.63) is 23.3 Å². The van der Waals surface area contributed by atoms with E-state index in [4.69, 9.17) is 23.7 Å². The number of hydrogen-bond donors (Lipinski definition) is 0. The van der Waals surface area contributed by atoms with Gasteiger partial charge in [0.05, 0.1) is 26.4 Å². The molecule has 1 aromatic carbocycles. The second-order valence-corrected chi connectivity index (χ2v) is 9.90. The molecule has 0 aromatic heterocycles. The van der Waals surface area contributed by atoms with E-state index in [-0.39, 0.29) is 17.9 Å². The van der Waals surface area contributed by atoms with Crippen LogP contribution < -0.4 is 9.47 Å². The lowest BCUT2D eigenvalue weighted by Gasteiger charge is -2.38. The number of hydrogen-bond acceptors (Lipinski definition) is 6. The van der Waals surface area contributed by atoms with Gasteiger partial charge >= 0.3 is 5.97 Å². The van der Waals surface area contributed by atoms with E-state index in [1.807, 2.05) is 6.07 Å². The maximum atomic E-state index is 12.3. The third-order valence-corrected chi connectivity index (χ3v) is 7.42. The molecule has 2 fully saturated rings. The molecule has 4 atom stereocenters. The van der Waals surface area contributed by atoms with Gasteiger partial charge in [-0.25, -0.2) is 4.79 Å². The summed E-state index contributed by atoms with van der Waals surface area (Å²) in [5.74, 6) is 0.659. The van der Waals surface area contributed by atoms with Crippen LogP contribution in [0, 0.1) is 0 Å². The van der Waals surface area contributed by atoms with Gasteiger partial charge in [-0.3, -0.25) is 0 Å². The molecule has 0 unspecified atom stereocenters. The predicted octanol–water partition coefficient (Wildman–Crippen LogP) is 6.50. The second kappa shape index (κ2) is 11.1. The number of cyclic esters (lactones) is 1. The first-order valence-corrected chi connectivity index (χ1v) is 12.9. The van der Waals surface area contributed by atoms with Crippen LogP contribution in [0.3, 0.4) is 0 Å². The molecule has 6 nitrogen and oxygen atoms in total. The summed E-state index contributed by atoms with van der Waals surface area (Å²) in [5.41, 5.74) is 1.44. The van der Waals surface area contributed by atoms with Crippen molar-refractivity contribution in [3.63, 3.8) is 0 Å². The molecule has 0 radical (unpaired) electrons. The van der Waals surface area contributed by atoms with Gasteiger partial charge in [-0.1, -0.05) is 32.1 Å². The lowest BCUT2D eigenvalue weighted by molar-refractivity contribution is -0.269. The van der Waals surface area contributed by atoms with Crippen LogP contribution in [0.5, 0.6) is 11.5 Å². The van der Waals surface area contributed by atoms with E-state index in [1.165, 1.54) is 38.5 Å². The lowest BCUT2D eigenvalue weighted by Crippen LogP contribution is -2.40. The van der Waals surface area contributed by atoms with Gasteiger partial charge in [0.25, 0.3) is 0 Å². The predicted molar refractivity (Wildman–Crippen MR) is 126 cm³/mol. The Hall–Kier alpha value is -1.79. The molecule has 4 rings (SSSR count). The van der Waals surface area contributed by atoms with E-state index in [0.717, 1.165) is 50.5 Å². The summed E-state index contributed by atoms with van der Waals surface area (Å²) in [7, 11) is 3.19. The van der Waals surface area contributed by atoms with E-state index in [9.17, 15) is 4.79 Å². The zero-order chi connectivity index (χ0) is 23.3. The number of esters is 1. The molecule has 0 bridgehead atoms. The Labute approximate surface area is 198 Å². The molecule has 0 amide bonds. The van der Waals surface area contributed by atoms with E-state index >= 15 is 0 Å². The average Bonchev–Trinajstić information content (AvgIpc) is 3.33. The summed E-state index contributed by atoms with van der Waals surface area (Å²) in [5, 5.41) is 0. The van der Waals surface area contributed by atoms with E-state index in [2.05, 4.69) is 6.92 Å². The third kappa shape index (κ3) is 5.83. The Morgan fingerprint density at radius 3 is 2.39 bits per heavy atom. The van der Waals surface area contributed by atoms with Gasteiger partial charge < -0.3 is 23.7 Å². The van der Waals surface area contributed by atoms with Crippen LogP contribution in [0.2, 0.25) is 0 Å². The van der Waals surface area contributed by atoms with Crippen LogP contribution in [0.25, 0.3) is 0 Å². The summed E-state index contributed by atoms with van der Waals surface area (Å²) >= 11 is 0. The Kier molecular flexibility index (Phi) is 8.18. The minimum absolute atomic E-state index is 0.201. The fraction of sp³-hybridized carbons (Fsp3) is 0.741. The van der Waals surface area contributed by atoms with Crippen molar-refractivity contribution >= 4 is 5.97 Å². The molecule has 0 saturated carbocycles. The minimum atomic E-state index is -0.293. The van der Waals surface area contributed by atoms with Crippen LogP contribution in [-0.2, 0) is 14.2 Å². The quantitative estimate of drug-likeness (QED) is 0.277. The first kappa shape index (κ1) is 24.3. The largest absolute Gasteiger partial charge is 0.497 e. The molecule has 1 aromatic rings. The maximum Gasteiger partial charge on any atom is 0.342 e. The summed E-state index contributed by atoms with van der Waals surface area (Å²) in [6.45, 7) is 2.16. The van der Waals surface area contributed by atoms with Crippen LogP contribution in [0.4, 0.5) is 0 Å². The van der Waals surface area contributed by atoms with Crippen LogP contribution in [0.15, 0.2) is 12.1 Å². The van der Waals surface area contributed by atoms with Crippen molar-refractivity contribution in [1.29, 1.82) is 0 Å². The van der Waals surface area contributed by atoms with Crippen LogP contribution >= 0.6 is 0 Å². The highest BCUT2D eigenvalue weighted by atomic mass is 16.7. The molecule has 2 saturated heterocycles. The molecule has 0 N–H and O–H groups in total. The molecular weight excluding hydrogens is 420 g/mol. The smallest absolute Gasteiger partial charge is 0.342 e. The first-order chi connectivity index (χ1) is 16.0. The van der Waals surface area contributed by atoms with Crippen molar-refractivity contribution in [1.82, 2.24) is 0 Å². The zero-order valence-corrected chi connectivity index (χ0v) is 20.5. The molecule has 3 aliphatic heterocycles. The Morgan fingerprint density at radius 1 is 0.939 bits per heavy atom. The molecule has 1 spiro atoms. The number of carbonyl (C=O) groups excluding carboxylic acids is 1. The van der Waals surface area contributed by atoms with Gasteiger partial charge in [0.2, 0.25) is 0 Å². The standard InChI is InChI=1S/C27H40O6/c1-19-14-16-27(32-19)15-10-12-20(33-27)11-8-6-4-5-7-9-13-23-22-17-21(29-2)18-24(30-3)25(22)26(28)31-23/h17-20,23H,4-16H2,1-3H3/t19-,20-,23+,27+/m0/s1. The Bertz CT molecular complexity index is 804. The number of carbonyl (C=O) groups is 1. The van der Waals surface area contributed by atoms with Gasteiger partial charge in [0.1, 0.15) is 23.2 Å². The summed E-state index contributed by atoms with van der Waals surface area (Å²) < 4.78 is 28.9. The Morgan fingerprint density at radius 2 is 1.70 bits per heavy atom. The van der Waals surface area contributed by atoms with Gasteiger partial charge in [-0.05, 0) is 51.5 Å². The number of rotatable bonds is 11. The average molecular weight is 461 g/mol. The van der Waals surface area contributed by atoms with Gasteiger partial charge in [0.15, 0.2) is 5.79 Å². The minimum Gasteiger partial charge on any atom is -0.497 e. The molecular formula is C27H40O6. The second-order valence-electron chi connectivity index (χ2n) is 9.90. The van der Waals surface area contributed by atoms with E-state index in [0.29, 0.717) is 29.3 Å². The van der Waals surface area contributed by atoms with E-state index in [1.54, 1.807) is 20.3 Å². The monoisotopic (exact) mass is 460 g/mol. The topological polar surface area (TPSA) is 63.2 Å². The number of ether oxygens (including phenoxy) is 5. The highest BCUT2D eigenvalue weighted by Gasteiger charge is 2.43. The molecule has 3 aliphatic rings. The lowest BCUT2D eigenvalue weighted by atomic mass is 9.95. The van der Waals surface area contributed by atoms with Crippen molar-refractivity contribution in [2.45, 2.75) is 114 Å². The van der Waals surface area contributed by atoms with Crippen LogP contribution in [-0.4, -0.2) is 38.2 Å². The normalized spacial score (nSPS) is 28.7. The molecule has 33 heavy (non-hydrogen) atoms. The van der Waals surface area contributed by atoms with Gasteiger partial charge in [-0.2, -0.15) is 0 Å². The van der Waals surface area contributed by atoms with E-state index < -0.39 is 0 Å². The number of methoxy groups -OCH3 is 2. The highest BCUT2D eigenvalue weighted by Crippen LogP contribution is 2.42. The first-order valence-electron chi connectivity index (χ1n) is 12.9. The zero-order valence-electron chi connectivity index (χ0n) is 20.5. The van der Waals surface area contributed by atoms with Crippen molar-refractivity contribution in [3.8, 4) is 11.5 Å². The fourth-order valence-corrected chi connectivity index (χ4v) is 5.64. The molecule has 6 heteroatoms. The third-order valence-electron chi connectivity index (χ3n) is 7.42. The number of benzene rings is 1. The van der Waals surface area contributed by atoms with Gasteiger partial charge in [0, 0.05) is 24.5 Å². The van der Waals surface area contributed by atoms with Gasteiger partial charge in [-0.15, -0.1) is 0 Å². The maximum absolute atomic E-state index is 12.3. The fourth-order valence-electron chi connectivity index (χ4n) is 5.64. The summed E-state index contributed by atoms with van der Waals surface area (Å²) in [6.07, 6.45) is 15.3. The molecule has 3 heterocycles. The van der Waals surface area contributed by atoms with Crippen molar-refractivity contribution < 1.29 is 28.5 Å². The summed E-state index contributed by atoms with van der Waals surface area (Å²) in [4.78, 5) is 12.3. The van der Waals surface area contributed by atoms with Crippen molar-refractivity contribution in [2.75, 3.05) is 14.2 Å². The van der Waals surface area contributed by atoms with Crippen LogP contribution in [0.1, 0.15) is 112 Å². The Balaban J connectivity index is 1.12. The summed E-state index contributed by atoms with van der Waals surface area (Å²) in [6, 6.07) is 3.64. The van der Waals surface area contributed by atoms with Crippen molar-refractivity contribution in [2.24, 2.45) is 0 Å². The molecule has 0 aliphatic carbocycles. The molecule has 184 valence electrons. The number of fused-ring (bicyclic) bond motifs is 1. The number of unbranched alkanes of at least 4 members (excludes halogenated alkanes) is 5. The SMILES string of the molecule is COc1cc(OC)c2c(c1)[C@@H](CCCCCCCC[C@H]1CCC[C@]3(CC[C@H](C)O3)O1)OC2=O. The highest BCUT2D eigenvalue weighted by molar-refractivity contribution is 5.97.